The van der Waals surface area contributed by atoms with Crippen molar-refractivity contribution in [2.24, 2.45) is 0 Å². The second-order valence-corrected chi connectivity index (χ2v) is 7.27. The third-order valence-electron chi connectivity index (χ3n) is 4.00. The predicted molar refractivity (Wildman–Crippen MR) is 83.5 cm³/mol. The van der Waals surface area contributed by atoms with Gasteiger partial charge in [0.05, 0.1) is 16.5 Å². The Morgan fingerprint density at radius 3 is 2.39 bits per heavy atom. The lowest BCUT2D eigenvalue weighted by Gasteiger charge is -2.24. The molecule has 0 bridgehead atoms. The summed E-state index contributed by atoms with van der Waals surface area (Å²) in [6, 6.07) is 8.76. The number of rotatable bonds is 4. The Kier molecular flexibility index (Phi) is 4.14. The van der Waals surface area contributed by atoms with Crippen molar-refractivity contribution in [2.45, 2.75) is 23.8 Å². The summed E-state index contributed by atoms with van der Waals surface area (Å²) >= 11 is 0. The Morgan fingerprint density at radius 1 is 1.13 bits per heavy atom. The normalized spacial score (nSPS) is 18.9. The zero-order valence-electron chi connectivity index (χ0n) is 12.3. The summed E-state index contributed by atoms with van der Waals surface area (Å²) in [6.07, 6.45) is 4.86. The topological polar surface area (TPSA) is 87.6 Å². The zero-order valence-corrected chi connectivity index (χ0v) is 13.1. The van der Waals surface area contributed by atoms with Crippen molar-refractivity contribution in [3.8, 4) is 0 Å². The van der Waals surface area contributed by atoms with E-state index in [2.05, 4.69) is 4.98 Å². The molecular weight excluding hydrogens is 316 g/mol. The van der Waals surface area contributed by atoms with E-state index in [0.717, 1.165) is 18.4 Å². The predicted octanol–water partition coefficient (Wildman–Crippen LogP) is 2.31. The number of pyridine rings is 1. The van der Waals surface area contributed by atoms with Gasteiger partial charge < -0.3 is 5.11 Å². The van der Waals surface area contributed by atoms with Crippen molar-refractivity contribution in [1.82, 2.24) is 9.29 Å². The van der Waals surface area contributed by atoms with Crippen LogP contribution in [0.3, 0.4) is 0 Å². The molecule has 120 valence electrons. The summed E-state index contributed by atoms with van der Waals surface area (Å²) in [5, 5.41) is 8.91. The molecule has 0 amide bonds. The maximum Gasteiger partial charge on any atom is 0.335 e. The van der Waals surface area contributed by atoms with Gasteiger partial charge in [-0.25, -0.2) is 13.2 Å². The molecule has 2 aromatic rings. The summed E-state index contributed by atoms with van der Waals surface area (Å²) in [5.74, 6) is -1.08. The molecule has 1 unspecified atom stereocenters. The van der Waals surface area contributed by atoms with Crippen molar-refractivity contribution in [3.05, 3.63) is 59.9 Å². The Bertz CT molecular complexity index is 804. The number of hydrogen-bond donors (Lipinski definition) is 1. The first kappa shape index (κ1) is 15.6. The first-order valence-electron chi connectivity index (χ1n) is 7.25. The molecule has 1 aliphatic rings. The van der Waals surface area contributed by atoms with E-state index in [-0.39, 0.29) is 16.5 Å². The molecule has 1 aliphatic heterocycles. The fourth-order valence-corrected chi connectivity index (χ4v) is 4.53. The standard InChI is InChI=1S/C16H16N2O4S/c19-16(20)13-3-5-14(6-4-13)23(21,22)18-11-1-2-15(18)12-7-9-17-10-8-12/h3-10,15H,1-2,11H2,(H,19,20). The lowest BCUT2D eigenvalue weighted by atomic mass is 10.1. The van der Waals surface area contributed by atoms with E-state index in [0.29, 0.717) is 6.54 Å². The van der Waals surface area contributed by atoms with E-state index in [1.54, 1.807) is 12.4 Å². The number of sulfonamides is 1. The molecule has 1 aromatic heterocycles. The summed E-state index contributed by atoms with van der Waals surface area (Å²) in [7, 11) is -3.66. The lowest BCUT2D eigenvalue weighted by Crippen LogP contribution is -2.30. The van der Waals surface area contributed by atoms with Crippen molar-refractivity contribution in [3.63, 3.8) is 0 Å². The van der Waals surface area contributed by atoms with E-state index in [4.69, 9.17) is 5.11 Å². The van der Waals surface area contributed by atoms with E-state index in [9.17, 15) is 13.2 Å². The van der Waals surface area contributed by atoms with Gasteiger partial charge in [0.25, 0.3) is 0 Å². The van der Waals surface area contributed by atoms with Crippen molar-refractivity contribution >= 4 is 16.0 Å². The monoisotopic (exact) mass is 332 g/mol. The Labute approximate surface area is 134 Å². The average Bonchev–Trinajstić information content (AvgIpc) is 3.06. The first-order valence-corrected chi connectivity index (χ1v) is 8.69. The van der Waals surface area contributed by atoms with Crippen LogP contribution >= 0.6 is 0 Å². The molecule has 2 heterocycles. The molecule has 0 radical (unpaired) electrons. The smallest absolute Gasteiger partial charge is 0.335 e. The highest BCUT2D eigenvalue weighted by Gasteiger charge is 2.36. The fraction of sp³-hybridized carbons (Fsp3) is 0.250. The molecule has 0 aliphatic carbocycles. The van der Waals surface area contributed by atoms with Crippen LogP contribution in [0, 0.1) is 0 Å². The zero-order chi connectivity index (χ0) is 16.4. The minimum atomic E-state index is -3.66. The molecule has 6 nitrogen and oxygen atoms in total. The molecule has 1 aromatic carbocycles. The van der Waals surface area contributed by atoms with Gasteiger partial charge in [0.1, 0.15) is 0 Å². The highest BCUT2D eigenvalue weighted by molar-refractivity contribution is 7.89. The van der Waals surface area contributed by atoms with Crippen LogP contribution < -0.4 is 0 Å². The quantitative estimate of drug-likeness (QED) is 0.928. The van der Waals surface area contributed by atoms with Gasteiger partial charge in [0.2, 0.25) is 10.0 Å². The van der Waals surface area contributed by atoms with Gasteiger partial charge in [-0.15, -0.1) is 0 Å². The summed E-state index contributed by atoms with van der Waals surface area (Å²) in [6.45, 7) is 0.454. The number of aromatic nitrogens is 1. The summed E-state index contributed by atoms with van der Waals surface area (Å²) < 4.78 is 27.2. The molecule has 3 rings (SSSR count). The van der Waals surface area contributed by atoms with Gasteiger partial charge >= 0.3 is 5.97 Å². The fourth-order valence-electron chi connectivity index (χ4n) is 2.85. The number of hydrogen-bond acceptors (Lipinski definition) is 4. The maximum atomic E-state index is 12.9. The number of nitrogens with zero attached hydrogens (tertiary/aromatic N) is 2. The van der Waals surface area contributed by atoms with E-state index in [1.165, 1.54) is 28.6 Å². The number of carboxylic acid groups (broad SMARTS) is 1. The summed E-state index contributed by atoms with van der Waals surface area (Å²) in [5.41, 5.74) is 0.985. The van der Waals surface area contributed by atoms with Gasteiger partial charge in [-0.3, -0.25) is 4.98 Å². The molecule has 0 spiro atoms. The van der Waals surface area contributed by atoms with E-state index < -0.39 is 16.0 Å². The molecule has 1 atom stereocenters. The lowest BCUT2D eigenvalue weighted by molar-refractivity contribution is 0.0696. The Hall–Kier alpha value is -2.25. The van der Waals surface area contributed by atoms with Crippen molar-refractivity contribution in [2.75, 3.05) is 6.54 Å². The maximum absolute atomic E-state index is 12.9. The minimum absolute atomic E-state index is 0.0658. The third kappa shape index (κ3) is 2.97. The van der Waals surface area contributed by atoms with E-state index >= 15 is 0 Å². The van der Waals surface area contributed by atoms with Crippen LogP contribution in [0.15, 0.2) is 53.7 Å². The van der Waals surface area contributed by atoms with Crippen molar-refractivity contribution < 1.29 is 18.3 Å². The molecule has 1 N–H and O–H groups in total. The highest BCUT2D eigenvalue weighted by Crippen LogP contribution is 2.36. The van der Waals surface area contributed by atoms with Gasteiger partial charge in [0.15, 0.2) is 0 Å². The number of benzene rings is 1. The van der Waals surface area contributed by atoms with Crippen LogP contribution in [0.1, 0.15) is 34.8 Å². The van der Waals surface area contributed by atoms with Crippen molar-refractivity contribution in [1.29, 1.82) is 0 Å². The van der Waals surface area contributed by atoms with Crippen LogP contribution in [-0.4, -0.2) is 35.3 Å². The SMILES string of the molecule is O=C(O)c1ccc(S(=O)(=O)N2CCCC2c2ccncc2)cc1. The van der Waals surface area contributed by atoms with E-state index in [1.807, 2.05) is 12.1 Å². The number of aromatic carboxylic acids is 1. The molecule has 1 fully saturated rings. The van der Waals surface area contributed by atoms with Crippen LogP contribution in [0.2, 0.25) is 0 Å². The van der Waals surface area contributed by atoms with Crippen LogP contribution in [0.25, 0.3) is 0 Å². The molecule has 7 heteroatoms. The second-order valence-electron chi connectivity index (χ2n) is 5.38. The first-order chi connectivity index (χ1) is 11.0. The highest BCUT2D eigenvalue weighted by atomic mass is 32.2. The molecule has 0 saturated carbocycles. The van der Waals surface area contributed by atoms with Gasteiger partial charge in [0, 0.05) is 18.9 Å². The average molecular weight is 332 g/mol. The van der Waals surface area contributed by atoms with Gasteiger partial charge in [-0.1, -0.05) is 0 Å². The number of carboxylic acids is 1. The third-order valence-corrected chi connectivity index (χ3v) is 5.92. The summed E-state index contributed by atoms with van der Waals surface area (Å²) in [4.78, 5) is 15.0. The Morgan fingerprint density at radius 2 is 1.78 bits per heavy atom. The van der Waals surface area contributed by atoms with Crippen LogP contribution in [0.5, 0.6) is 0 Å². The molecule has 23 heavy (non-hydrogen) atoms. The number of carbonyl (C=O) groups is 1. The van der Waals surface area contributed by atoms with Gasteiger partial charge in [-0.05, 0) is 54.8 Å². The molecule has 1 saturated heterocycles. The van der Waals surface area contributed by atoms with Crippen LogP contribution in [0.4, 0.5) is 0 Å². The largest absolute Gasteiger partial charge is 0.478 e. The van der Waals surface area contributed by atoms with Crippen LogP contribution in [-0.2, 0) is 10.0 Å². The van der Waals surface area contributed by atoms with Gasteiger partial charge in [-0.2, -0.15) is 4.31 Å². The second kappa shape index (κ2) is 6.10. The molecular formula is C16H16N2O4S. The Balaban J connectivity index is 1.93. The minimum Gasteiger partial charge on any atom is -0.478 e.